The van der Waals surface area contributed by atoms with Gasteiger partial charge in [-0.05, 0) is 38.3 Å². The van der Waals surface area contributed by atoms with E-state index >= 15 is 0 Å². The first kappa shape index (κ1) is 11.5. The Hall–Kier alpha value is -0.610. The van der Waals surface area contributed by atoms with Crippen molar-refractivity contribution in [1.82, 2.24) is 10.6 Å². The highest BCUT2D eigenvalue weighted by atomic mass is 16.3. The summed E-state index contributed by atoms with van der Waals surface area (Å²) in [7, 11) is 0. The quantitative estimate of drug-likeness (QED) is 0.592. The fourth-order valence-corrected chi connectivity index (χ4v) is 1.83. The predicted octanol–water partition coefficient (Wildman–Crippen LogP) is -0.125. The molecular weight excluding hydrogens is 180 g/mol. The van der Waals surface area contributed by atoms with E-state index in [9.17, 15) is 4.79 Å². The third kappa shape index (κ3) is 4.58. The Labute approximate surface area is 85.1 Å². The second-order valence-corrected chi connectivity index (χ2v) is 3.82. The molecule has 1 fully saturated rings. The van der Waals surface area contributed by atoms with E-state index < -0.39 is 0 Å². The van der Waals surface area contributed by atoms with E-state index in [1.165, 1.54) is 0 Å². The van der Waals surface area contributed by atoms with Crippen LogP contribution in [0.15, 0.2) is 0 Å². The van der Waals surface area contributed by atoms with Gasteiger partial charge in [-0.2, -0.15) is 0 Å². The highest BCUT2D eigenvalue weighted by molar-refractivity contribution is 5.76. The molecule has 0 saturated carbocycles. The maximum atomic E-state index is 11.3. The molecule has 1 rings (SSSR count). The van der Waals surface area contributed by atoms with Gasteiger partial charge in [0.1, 0.15) is 0 Å². The van der Waals surface area contributed by atoms with E-state index in [-0.39, 0.29) is 12.5 Å². The van der Waals surface area contributed by atoms with Gasteiger partial charge in [0, 0.05) is 13.0 Å². The van der Waals surface area contributed by atoms with Gasteiger partial charge in [-0.15, -0.1) is 0 Å². The molecular formula is C10H20N2O2. The summed E-state index contributed by atoms with van der Waals surface area (Å²) in [6, 6.07) is 0. The summed E-state index contributed by atoms with van der Waals surface area (Å²) < 4.78 is 0. The number of rotatable bonds is 4. The third-order valence-electron chi connectivity index (χ3n) is 2.60. The smallest absolute Gasteiger partial charge is 0.220 e. The van der Waals surface area contributed by atoms with Crippen molar-refractivity contribution < 1.29 is 9.90 Å². The van der Waals surface area contributed by atoms with Crippen LogP contribution in [-0.2, 0) is 4.79 Å². The molecule has 0 aromatic rings. The zero-order valence-corrected chi connectivity index (χ0v) is 8.59. The first-order chi connectivity index (χ1) is 6.83. The van der Waals surface area contributed by atoms with Crippen molar-refractivity contribution in [3.8, 4) is 0 Å². The van der Waals surface area contributed by atoms with Gasteiger partial charge in [0.05, 0.1) is 6.61 Å². The van der Waals surface area contributed by atoms with Crippen molar-refractivity contribution in [3.05, 3.63) is 0 Å². The van der Waals surface area contributed by atoms with Crippen molar-refractivity contribution in [2.24, 2.45) is 5.92 Å². The number of nitrogens with one attached hydrogen (secondary N) is 2. The van der Waals surface area contributed by atoms with Crippen LogP contribution in [-0.4, -0.2) is 37.3 Å². The minimum Gasteiger partial charge on any atom is -0.395 e. The zero-order chi connectivity index (χ0) is 10.2. The normalized spacial score (nSPS) is 22.8. The molecule has 0 radical (unpaired) electrons. The Kier molecular flexibility index (Phi) is 5.56. The lowest BCUT2D eigenvalue weighted by Crippen LogP contribution is -2.28. The van der Waals surface area contributed by atoms with Gasteiger partial charge < -0.3 is 15.7 Å². The van der Waals surface area contributed by atoms with Crippen LogP contribution in [0.5, 0.6) is 0 Å². The molecule has 0 aliphatic carbocycles. The van der Waals surface area contributed by atoms with Crippen LogP contribution in [0.3, 0.4) is 0 Å². The van der Waals surface area contributed by atoms with Gasteiger partial charge in [0.25, 0.3) is 0 Å². The molecule has 4 heteroatoms. The van der Waals surface area contributed by atoms with Crippen LogP contribution in [0.4, 0.5) is 0 Å². The number of aliphatic hydroxyl groups is 1. The Morgan fingerprint density at radius 2 is 2.29 bits per heavy atom. The number of hydrogen-bond acceptors (Lipinski definition) is 3. The summed E-state index contributed by atoms with van der Waals surface area (Å²) in [4.78, 5) is 11.3. The van der Waals surface area contributed by atoms with Crippen LogP contribution in [0.25, 0.3) is 0 Å². The molecule has 1 aliphatic rings. The van der Waals surface area contributed by atoms with E-state index in [2.05, 4.69) is 10.6 Å². The number of carbonyl (C=O) groups excluding carboxylic acids is 1. The molecule has 0 bridgehead atoms. The monoisotopic (exact) mass is 200 g/mol. The summed E-state index contributed by atoms with van der Waals surface area (Å²) in [5.74, 6) is 0.592. The van der Waals surface area contributed by atoms with Crippen LogP contribution in [0.1, 0.15) is 25.7 Å². The van der Waals surface area contributed by atoms with Gasteiger partial charge in [0.15, 0.2) is 0 Å². The molecule has 1 saturated heterocycles. The Morgan fingerprint density at radius 3 is 3.07 bits per heavy atom. The minimum absolute atomic E-state index is 0.0258. The van der Waals surface area contributed by atoms with Gasteiger partial charge in [-0.25, -0.2) is 0 Å². The highest BCUT2D eigenvalue weighted by Gasteiger charge is 2.15. The minimum atomic E-state index is 0.0258. The van der Waals surface area contributed by atoms with Crippen molar-refractivity contribution >= 4 is 5.91 Å². The van der Waals surface area contributed by atoms with Gasteiger partial charge >= 0.3 is 0 Å². The standard InChI is InChI=1S/C10H20N2O2/c13-7-6-12-10(14)8-9-2-1-4-11-5-3-9/h9,11,13H,1-8H2,(H,12,14). The van der Waals surface area contributed by atoms with Gasteiger partial charge in [-0.1, -0.05) is 0 Å². The second kappa shape index (κ2) is 6.79. The molecule has 1 amide bonds. The number of amides is 1. The maximum Gasteiger partial charge on any atom is 0.220 e. The first-order valence-corrected chi connectivity index (χ1v) is 5.41. The van der Waals surface area contributed by atoms with Crippen molar-refractivity contribution in [2.45, 2.75) is 25.7 Å². The van der Waals surface area contributed by atoms with Crippen LogP contribution in [0, 0.1) is 5.92 Å². The molecule has 14 heavy (non-hydrogen) atoms. The van der Waals surface area contributed by atoms with Crippen molar-refractivity contribution in [3.63, 3.8) is 0 Å². The number of aliphatic hydroxyl groups excluding tert-OH is 1. The molecule has 1 atom stereocenters. The van der Waals surface area contributed by atoms with E-state index in [0.29, 0.717) is 18.9 Å². The lowest BCUT2D eigenvalue weighted by Gasteiger charge is -2.12. The summed E-state index contributed by atoms with van der Waals surface area (Å²) >= 11 is 0. The first-order valence-electron chi connectivity index (χ1n) is 5.41. The predicted molar refractivity (Wildman–Crippen MR) is 54.9 cm³/mol. The third-order valence-corrected chi connectivity index (χ3v) is 2.60. The topological polar surface area (TPSA) is 61.4 Å². The molecule has 4 nitrogen and oxygen atoms in total. The van der Waals surface area contributed by atoms with E-state index in [4.69, 9.17) is 5.11 Å². The molecule has 0 aromatic carbocycles. The molecule has 1 unspecified atom stereocenters. The molecule has 0 spiro atoms. The summed E-state index contributed by atoms with van der Waals surface area (Å²) in [5.41, 5.74) is 0. The molecule has 1 aliphatic heterocycles. The Bertz CT molecular complexity index is 166. The maximum absolute atomic E-state index is 11.3. The average Bonchev–Trinajstić information content (AvgIpc) is 2.43. The second-order valence-electron chi connectivity index (χ2n) is 3.82. The molecule has 1 heterocycles. The van der Waals surface area contributed by atoms with Crippen LogP contribution >= 0.6 is 0 Å². The fourth-order valence-electron chi connectivity index (χ4n) is 1.83. The lowest BCUT2D eigenvalue weighted by molar-refractivity contribution is -0.122. The van der Waals surface area contributed by atoms with Crippen LogP contribution in [0.2, 0.25) is 0 Å². The zero-order valence-electron chi connectivity index (χ0n) is 8.59. The molecule has 3 N–H and O–H groups in total. The van der Waals surface area contributed by atoms with E-state index in [1.54, 1.807) is 0 Å². The largest absolute Gasteiger partial charge is 0.395 e. The molecule has 82 valence electrons. The van der Waals surface area contributed by atoms with Crippen molar-refractivity contribution in [1.29, 1.82) is 0 Å². The molecule has 0 aromatic heterocycles. The highest BCUT2D eigenvalue weighted by Crippen LogP contribution is 2.16. The van der Waals surface area contributed by atoms with Crippen molar-refractivity contribution in [2.75, 3.05) is 26.2 Å². The number of carbonyl (C=O) groups is 1. The Morgan fingerprint density at radius 1 is 1.43 bits per heavy atom. The fraction of sp³-hybridized carbons (Fsp3) is 0.900. The van der Waals surface area contributed by atoms with Gasteiger partial charge in [0.2, 0.25) is 5.91 Å². The average molecular weight is 200 g/mol. The summed E-state index contributed by atoms with van der Waals surface area (Å²) in [6.45, 7) is 2.51. The van der Waals surface area contributed by atoms with Gasteiger partial charge in [-0.3, -0.25) is 4.79 Å². The summed E-state index contributed by atoms with van der Waals surface area (Å²) in [5, 5.41) is 14.6. The van der Waals surface area contributed by atoms with Crippen LogP contribution < -0.4 is 10.6 Å². The number of hydrogen-bond donors (Lipinski definition) is 3. The SMILES string of the molecule is O=C(CC1CCCNCC1)NCCO. The lowest BCUT2D eigenvalue weighted by atomic mass is 9.97. The van der Waals surface area contributed by atoms with E-state index in [0.717, 1.165) is 32.4 Å². The van der Waals surface area contributed by atoms with E-state index in [1.807, 2.05) is 0 Å². The Balaban J connectivity index is 2.17. The summed E-state index contributed by atoms with van der Waals surface area (Å²) in [6.07, 6.45) is 4.01.